The number of benzene rings is 3. The number of ether oxygens (including phenoxy) is 1. The maximum absolute atomic E-state index is 13.8. The van der Waals surface area contributed by atoms with Gasteiger partial charge >= 0.3 is 60.1 Å². The third-order valence-electron chi connectivity index (χ3n) is 19.4. The van der Waals surface area contributed by atoms with E-state index >= 15 is 0 Å². The summed E-state index contributed by atoms with van der Waals surface area (Å²) < 4.78 is 6.06. The van der Waals surface area contributed by atoms with Gasteiger partial charge in [-0.05, 0) is 88.4 Å². The lowest BCUT2D eigenvalue weighted by Crippen LogP contribution is -2.40. The van der Waals surface area contributed by atoms with Crippen LogP contribution in [-0.4, -0.2) is 99.0 Å². The van der Waals surface area contributed by atoms with Crippen LogP contribution >= 0.6 is 299 Å². The first kappa shape index (κ1) is 101. The zero-order chi connectivity index (χ0) is 74.7. The van der Waals surface area contributed by atoms with Crippen molar-refractivity contribution in [3.8, 4) is 0 Å². The Morgan fingerprint density at radius 2 is 0.455 bits per heavy atom. The molecule has 0 aliphatic heterocycles. The molecule has 3 aromatic rings. The molecule has 3 aromatic carbocycles. The van der Waals surface area contributed by atoms with Gasteiger partial charge in [-0.3, -0.25) is 0 Å². The largest absolute Gasteiger partial charge is 0.445 e. The SMILES string of the molecule is O=C(NCCCC[Si](CCC[Si](CCC[Si](Cl)(Cl)Cl)(CCC[Si](Cl)(Cl)Cl)CCC[Si](Cl)(Cl)Cl)(CCC[Si](CCC[Si](Cl)(Cl)Cl)(CCC[Si](Cl)(Cl)Cl)CCC[Si](Cl)(Cl)Cl)CCC[Si](CCC[Si](Cl)(Cl)Cl)(CCC[Si](Cl)(Cl)Cl)CCC[Si](Cl)(Cl)Cl)OCc1c2ccccc2cc2ccccc12. The van der Waals surface area contributed by atoms with Gasteiger partial charge in [-0.2, -0.15) is 0 Å². The van der Waals surface area contributed by atoms with E-state index < -0.39 is 92.4 Å². The van der Waals surface area contributed by atoms with Gasteiger partial charge in [0.2, 0.25) is 0 Å². The first-order valence-electron chi connectivity index (χ1n) is 33.8. The van der Waals surface area contributed by atoms with Gasteiger partial charge in [-0.25, -0.2) is 4.79 Å². The monoisotopic (exact) mass is 2120 g/mol. The molecule has 0 fully saturated rings. The maximum Gasteiger partial charge on any atom is 0.407 e. The Labute approximate surface area is 731 Å². The van der Waals surface area contributed by atoms with E-state index in [1.807, 2.05) is 24.3 Å². The number of halogens is 27. The van der Waals surface area contributed by atoms with Crippen LogP contribution in [0.15, 0.2) is 54.6 Å². The number of carbonyl (C=O) groups excluding carboxylic acids is 1. The molecule has 0 aliphatic carbocycles. The maximum atomic E-state index is 13.8. The van der Waals surface area contributed by atoms with Crippen LogP contribution < -0.4 is 5.32 Å². The van der Waals surface area contributed by atoms with Gasteiger partial charge in [0.15, 0.2) is 0 Å². The number of fused-ring (bicyclic) bond motifs is 2. The second kappa shape index (κ2) is 48.1. The number of nitrogens with one attached hydrogen (secondary N) is 1. The Hall–Kier alpha value is 8.10. The lowest BCUT2D eigenvalue weighted by Gasteiger charge is -2.39. The second-order valence-corrected chi connectivity index (χ2v) is 131. The number of unbranched alkanes of at least 4 members (excludes halogenated alkanes) is 1. The molecule has 574 valence electrons. The van der Waals surface area contributed by atoms with E-state index in [0.717, 1.165) is 214 Å². The topological polar surface area (TPSA) is 38.3 Å². The van der Waals surface area contributed by atoms with Crippen molar-refractivity contribution in [3.05, 3.63) is 60.2 Å². The summed E-state index contributed by atoms with van der Waals surface area (Å²) in [5, 5.41) is 7.38. The Bertz CT molecular complexity index is 2420. The van der Waals surface area contributed by atoms with Gasteiger partial charge in [0.25, 0.3) is 0 Å². The van der Waals surface area contributed by atoms with Crippen LogP contribution in [0.5, 0.6) is 0 Å². The summed E-state index contributed by atoms with van der Waals surface area (Å²) in [7, 11) is -9.26. The first-order valence-corrected chi connectivity index (χ1v) is 92.3. The molecule has 0 aliphatic rings. The standard InChI is InChI=1S/C56H92Cl27NO2Si13/c57-91(58,59)40-10-31-88(32-11-41-92(60,61)62,33-12-42-93(63,64)65)28-7-25-87(26-8-29-89(34-13-43-94(66,67)68,35-14-44-95(69,70)71)36-15-45-96(72,73)74,27-9-30-90(37-16-46-97(75,76)77,38-17-47-98(78,79)80)39-18-48-99(81,82)83)24-6-5-23-84-56(85)86-50-55-53-21-3-1-19-51(53)49-52-20-2-4-22-54(52)55/h1-4,19-22,49H,5-18,23-48,50H2,(H,84,85). The Morgan fingerprint density at radius 3 is 0.667 bits per heavy atom. The van der Waals surface area contributed by atoms with E-state index in [9.17, 15) is 4.79 Å². The van der Waals surface area contributed by atoms with Crippen molar-refractivity contribution >= 4 is 413 Å². The molecular weight excluding hydrogens is 2040 g/mol. The Kier molecular flexibility index (Phi) is 49.2. The molecule has 0 atom stereocenters. The lowest BCUT2D eigenvalue weighted by molar-refractivity contribution is 0.140. The molecule has 43 heteroatoms. The average Bonchev–Trinajstić information content (AvgIpc) is 0.780. The molecule has 0 radical (unpaired) electrons. The molecule has 0 bridgehead atoms. The normalized spacial score (nSPS) is 14.1. The predicted octanol–water partition coefficient (Wildman–Crippen LogP) is 34.4. The molecular formula is C56H92Cl27NO2Si13. The van der Waals surface area contributed by atoms with E-state index in [2.05, 4.69) is 35.6 Å². The number of carbonyl (C=O) groups is 1. The fraction of sp³-hybridized carbons (Fsp3) is 0.732. The van der Waals surface area contributed by atoms with Gasteiger partial charge in [0.05, 0.1) is 32.3 Å². The lowest BCUT2D eigenvalue weighted by atomic mass is 9.97. The van der Waals surface area contributed by atoms with Crippen molar-refractivity contribution < 1.29 is 9.53 Å². The molecule has 1 N–H and O–H groups in total. The third-order valence-corrected chi connectivity index (χ3v) is 65.6. The Morgan fingerprint density at radius 1 is 0.263 bits per heavy atom. The van der Waals surface area contributed by atoms with Gasteiger partial charge in [0.1, 0.15) is 6.61 Å². The molecule has 0 heterocycles. The summed E-state index contributed by atoms with van der Waals surface area (Å²) in [5.74, 6) is 0. The molecule has 1 amide bonds. The van der Waals surface area contributed by atoms with E-state index in [1.54, 1.807) is 0 Å². The van der Waals surface area contributed by atoms with Crippen LogP contribution in [0.2, 0.25) is 151 Å². The van der Waals surface area contributed by atoms with Crippen molar-refractivity contribution in [2.45, 2.75) is 248 Å². The van der Waals surface area contributed by atoms with Crippen molar-refractivity contribution in [3.63, 3.8) is 0 Å². The molecule has 0 spiro atoms. The van der Waals surface area contributed by atoms with Gasteiger partial charge in [-0.15, -0.1) is 299 Å². The van der Waals surface area contributed by atoms with E-state index in [0.29, 0.717) is 60.9 Å². The van der Waals surface area contributed by atoms with Gasteiger partial charge in [-0.1, -0.05) is 229 Å². The second-order valence-electron chi connectivity index (χ2n) is 27.5. The summed E-state index contributed by atoms with van der Waals surface area (Å²) in [6, 6.07) is 12.3. The molecule has 0 aromatic heterocycles. The number of alkyl carbamates (subject to hydrolysis) is 1. The zero-order valence-corrected chi connectivity index (χ0v) is 88.6. The van der Waals surface area contributed by atoms with Gasteiger partial charge < -0.3 is 10.1 Å². The molecule has 0 saturated carbocycles. The highest BCUT2D eigenvalue weighted by Gasteiger charge is 2.43. The van der Waals surface area contributed by atoms with Crippen molar-refractivity contribution in [2.24, 2.45) is 0 Å². The first-order chi connectivity index (χ1) is 45.4. The quantitative estimate of drug-likeness (QED) is 0.0265. The number of hydrogen-bond acceptors (Lipinski definition) is 2. The highest BCUT2D eigenvalue weighted by atomic mass is 35.9. The third kappa shape index (κ3) is 49.7. The van der Waals surface area contributed by atoms with Crippen LogP contribution in [0.3, 0.4) is 0 Å². The molecule has 3 nitrogen and oxygen atoms in total. The fourth-order valence-electron chi connectivity index (χ4n) is 14.8. The molecule has 3 rings (SSSR count). The molecule has 0 saturated heterocycles. The fourth-order valence-corrected chi connectivity index (χ4v) is 55.9. The van der Waals surface area contributed by atoms with Gasteiger partial charge in [0, 0.05) is 12.1 Å². The number of rotatable bonds is 55. The van der Waals surface area contributed by atoms with Crippen molar-refractivity contribution in [2.75, 3.05) is 6.54 Å². The summed E-state index contributed by atoms with van der Waals surface area (Å²) in [6.45, 7) is 0.552. The van der Waals surface area contributed by atoms with Crippen LogP contribution in [0.4, 0.5) is 4.79 Å². The average molecular weight is 2130 g/mol. The number of hydrogen-bond donors (Lipinski definition) is 1. The summed E-state index contributed by atoms with van der Waals surface area (Å²) in [4.78, 5) is 13.8. The highest BCUT2D eigenvalue weighted by Crippen LogP contribution is 2.48. The molecule has 0 unspecified atom stereocenters. The van der Waals surface area contributed by atoms with Crippen LogP contribution in [0.1, 0.15) is 95.5 Å². The minimum Gasteiger partial charge on any atom is -0.445 e. The minimum atomic E-state index is -2.98. The predicted molar refractivity (Wildman–Crippen MR) is 497 cm³/mol. The van der Waals surface area contributed by atoms with Crippen LogP contribution in [-0.2, 0) is 11.3 Å². The highest BCUT2D eigenvalue weighted by molar-refractivity contribution is 7.68. The Balaban J connectivity index is 2.31. The van der Waals surface area contributed by atoms with E-state index in [-0.39, 0.29) is 6.61 Å². The zero-order valence-electron chi connectivity index (χ0n) is 55.2. The summed E-state index contributed by atoms with van der Waals surface area (Å²) in [5.41, 5.74) is 0.963. The summed E-state index contributed by atoms with van der Waals surface area (Å²) in [6.07, 6.45) is 11.2. The number of amides is 1. The summed E-state index contributed by atoms with van der Waals surface area (Å²) >= 11 is 179. The van der Waals surface area contributed by atoms with Crippen LogP contribution in [0.25, 0.3) is 21.5 Å². The smallest absolute Gasteiger partial charge is 0.407 e. The van der Waals surface area contributed by atoms with E-state index in [4.69, 9.17) is 304 Å². The molecule has 99 heavy (non-hydrogen) atoms. The minimum absolute atomic E-state index is 0.117. The van der Waals surface area contributed by atoms with Crippen molar-refractivity contribution in [1.82, 2.24) is 5.32 Å². The van der Waals surface area contributed by atoms with Crippen LogP contribution in [0, 0.1) is 0 Å². The van der Waals surface area contributed by atoms with E-state index in [1.165, 1.54) is 0 Å². The van der Waals surface area contributed by atoms with Crippen molar-refractivity contribution in [1.29, 1.82) is 0 Å².